The molecule has 31 heavy (non-hydrogen) atoms. The van der Waals surface area contributed by atoms with E-state index in [0.29, 0.717) is 38.2 Å². The van der Waals surface area contributed by atoms with E-state index >= 15 is 0 Å². The number of aliphatic hydroxyl groups is 1. The van der Waals surface area contributed by atoms with Crippen LogP contribution in [0.4, 0.5) is 15.0 Å². The van der Waals surface area contributed by atoms with Gasteiger partial charge in [-0.15, -0.1) is 0 Å². The van der Waals surface area contributed by atoms with Crippen LogP contribution >= 0.6 is 0 Å². The van der Waals surface area contributed by atoms with Crippen LogP contribution in [-0.2, 0) is 6.54 Å². The molecule has 2 heterocycles. The van der Waals surface area contributed by atoms with E-state index in [2.05, 4.69) is 25.8 Å². The second kappa shape index (κ2) is 11.3. The van der Waals surface area contributed by atoms with Gasteiger partial charge in [0.25, 0.3) is 5.91 Å². The first-order valence-electron chi connectivity index (χ1n) is 10.4. The summed E-state index contributed by atoms with van der Waals surface area (Å²) in [4.78, 5) is 30.3. The minimum Gasteiger partial charge on any atom is -0.391 e. The van der Waals surface area contributed by atoms with Crippen LogP contribution in [0.5, 0.6) is 0 Å². The van der Waals surface area contributed by atoms with Crippen LogP contribution in [0.1, 0.15) is 35.2 Å². The molecule has 0 radical (unpaired) electrons. The molecule has 3 amide bonds. The number of benzene rings is 1. The molecule has 3 rings (SSSR count). The molecule has 0 spiro atoms. The van der Waals surface area contributed by atoms with Gasteiger partial charge >= 0.3 is 6.03 Å². The van der Waals surface area contributed by atoms with Crippen molar-refractivity contribution in [1.82, 2.24) is 20.9 Å². The number of aliphatic hydroxyl groups excluding tert-OH is 1. The number of piperidine rings is 1. The highest BCUT2D eigenvalue weighted by molar-refractivity contribution is 5.94. The highest BCUT2D eigenvalue weighted by Gasteiger charge is 2.18. The molecule has 1 unspecified atom stereocenters. The SMILES string of the molecule is O=C(NCCCNC(=O)c1ccc(F)cc1)NCc1ccnc(N2CCCC(O)C2)c1. The van der Waals surface area contributed by atoms with Gasteiger partial charge in [0.1, 0.15) is 11.6 Å². The van der Waals surface area contributed by atoms with Crippen LogP contribution in [0.15, 0.2) is 42.6 Å². The lowest BCUT2D eigenvalue weighted by atomic mass is 10.1. The average molecular weight is 429 g/mol. The Kier molecular flexibility index (Phi) is 8.17. The average Bonchev–Trinajstić information content (AvgIpc) is 2.78. The third-order valence-corrected chi connectivity index (χ3v) is 5.01. The molecule has 166 valence electrons. The molecule has 0 saturated carbocycles. The third kappa shape index (κ3) is 7.21. The largest absolute Gasteiger partial charge is 0.391 e. The summed E-state index contributed by atoms with van der Waals surface area (Å²) in [6.45, 7) is 2.59. The zero-order valence-corrected chi connectivity index (χ0v) is 17.3. The molecule has 1 aromatic heterocycles. The third-order valence-electron chi connectivity index (χ3n) is 5.01. The molecule has 1 aromatic carbocycles. The predicted octanol–water partition coefficient (Wildman–Crippen LogP) is 1.80. The standard InChI is InChI=1S/C22H28FN5O3/c23-18-6-4-17(5-7-18)21(30)25-9-2-10-26-22(31)27-14-16-8-11-24-20(13-16)28-12-1-3-19(29)15-28/h4-8,11,13,19,29H,1-3,9-10,12,14-15H2,(H,25,30)(H2,26,27,31). The fourth-order valence-corrected chi connectivity index (χ4v) is 3.35. The van der Waals surface area contributed by atoms with Gasteiger partial charge in [0.15, 0.2) is 0 Å². The van der Waals surface area contributed by atoms with E-state index in [-0.39, 0.29) is 23.9 Å². The molecule has 1 aliphatic rings. The number of nitrogens with one attached hydrogen (secondary N) is 3. The Morgan fingerprint density at radius 1 is 1.13 bits per heavy atom. The van der Waals surface area contributed by atoms with Gasteiger partial charge in [-0.3, -0.25) is 4.79 Å². The summed E-state index contributed by atoms with van der Waals surface area (Å²) in [5, 5.41) is 18.1. The number of amides is 3. The molecule has 1 atom stereocenters. The quantitative estimate of drug-likeness (QED) is 0.479. The normalized spacial score (nSPS) is 15.9. The molecule has 2 aromatic rings. The van der Waals surface area contributed by atoms with E-state index in [1.807, 2.05) is 12.1 Å². The number of aromatic nitrogens is 1. The lowest BCUT2D eigenvalue weighted by Gasteiger charge is -2.31. The Morgan fingerprint density at radius 2 is 1.90 bits per heavy atom. The lowest BCUT2D eigenvalue weighted by molar-refractivity contribution is 0.0953. The summed E-state index contributed by atoms with van der Waals surface area (Å²) in [5.41, 5.74) is 1.31. The minimum absolute atomic E-state index is 0.279. The number of β-amino-alcohol motifs (C(OH)–C–C–N with tert-alkyl or cyclic N) is 1. The fourth-order valence-electron chi connectivity index (χ4n) is 3.35. The molecule has 1 fully saturated rings. The van der Waals surface area contributed by atoms with Crippen LogP contribution < -0.4 is 20.9 Å². The maximum absolute atomic E-state index is 12.9. The number of anilines is 1. The molecule has 0 bridgehead atoms. The number of hydrogen-bond donors (Lipinski definition) is 4. The van der Waals surface area contributed by atoms with E-state index in [9.17, 15) is 19.1 Å². The Hall–Kier alpha value is -3.20. The highest BCUT2D eigenvalue weighted by Crippen LogP contribution is 2.18. The van der Waals surface area contributed by atoms with Crippen molar-refractivity contribution in [3.8, 4) is 0 Å². The number of halogens is 1. The zero-order chi connectivity index (χ0) is 22.1. The van der Waals surface area contributed by atoms with Crippen molar-refractivity contribution in [2.45, 2.75) is 31.9 Å². The van der Waals surface area contributed by atoms with Crippen LogP contribution in [0.2, 0.25) is 0 Å². The van der Waals surface area contributed by atoms with E-state index < -0.39 is 0 Å². The molecule has 8 nitrogen and oxygen atoms in total. The van der Waals surface area contributed by atoms with Crippen LogP contribution in [0, 0.1) is 5.82 Å². The van der Waals surface area contributed by atoms with Gasteiger partial charge in [-0.25, -0.2) is 14.2 Å². The van der Waals surface area contributed by atoms with Gasteiger partial charge in [-0.1, -0.05) is 0 Å². The van der Waals surface area contributed by atoms with Gasteiger partial charge < -0.3 is 26.0 Å². The smallest absolute Gasteiger partial charge is 0.315 e. The second-order valence-corrected chi connectivity index (χ2v) is 7.49. The Balaban J connectivity index is 1.33. The van der Waals surface area contributed by atoms with Gasteiger partial charge in [-0.2, -0.15) is 0 Å². The van der Waals surface area contributed by atoms with Gasteiger partial charge in [0, 0.05) is 44.5 Å². The fraction of sp³-hybridized carbons (Fsp3) is 0.409. The van der Waals surface area contributed by atoms with E-state index in [0.717, 1.165) is 30.8 Å². The molecule has 0 aliphatic carbocycles. The summed E-state index contributed by atoms with van der Waals surface area (Å²) in [7, 11) is 0. The number of carbonyl (C=O) groups is 2. The van der Waals surface area contributed by atoms with Crippen molar-refractivity contribution >= 4 is 17.8 Å². The van der Waals surface area contributed by atoms with Crippen molar-refractivity contribution in [3.63, 3.8) is 0 Å². The first-order valence-corrected chi connectivity index (χ1v) is 10.4. The van der Waals surface area contributed by atoms with Crippen molar-refractivity contribution in [1.29, 1.82) is 0 Å². The van der Waals surface area contributed by atoms with Crippen LogP contribution in [0.25, 0.3) is 0 Å². The number of carbonyl (C=O) groups excluding carboxylic acids is 2. The van der Waals surface area contributed by atoms with Gasteiger partial charge in [0.2, 0.25) is 0 Å². The maximum Gasteiger partial charge on any atom is 0.315 e. The summed E-state index contributed by atoms with van der Waals surface area (Å²) in [5.74, 6) is 0.134. The molecule has 9 heteroatoms. The lowest BCUT2D eigenvalue weighted by Crippen LogP contribution is -2.39. The Labute approximate surface area is 180 Å². The second-order valence-electron chi connectivity index (χ2n) is 7.49. The van der Waals surface area contributed by atoms with E-state index in [4.69, 9.17) is 0 Å². The van der Waals surface area contributed by atoms with Crippen molar-refractivity contribution < 1.29 is 19.1 Å². The van der Waals surface area contributed by atoms with Gasteiger partial charge in [-0.05, 0) is 61.2 Å². The van der Waals surface area contributed by atoms with E-state index in [1.54, 1.807) is 6.20 Å². The number of pyridine rings is 1. The van der Waals surface area contributed by atoms with Crippen LogP contribution in [0.3, 0.4) is 0 Å². The number of nitrogens with zero attached hydrogens (tertiary/aromatic N) is 2. The first-order chi connectivity index (χ1) is 15.0. The summed E-state index contributed by atoms with van der Waals surface area (Å²) < 4.78 is 12.9. The van der Waals surface area contributed by atoms with Gasteiger partial charge in [0.05, 0.1) is 6.10 Å². The highest BCUT2D eigenvalue weighted by atomic mass is 19.1. The van der Waals surface area contributed by atoms with E-state index in [1.165, 1.54) is 24.3 Å². The van der Waals surface area contributed by atoms with Crippen LogP contribution in [-0.4, -0.2) is 54.3 Å². The van der Waals surface area contributed by atoms with Crippen molar-refractivity contribution in [2.75, 3.05) is 31.1 Å². The topological polar surface area (TPSA) is 107 Å². The number of rotatable bonds is 8. The maximum atomic E-state index is 12.9. The first kappa shape index (κ1) is 22.5. The molecule has 4 N–H and O–H groups in total. The molecule has 1 saturated heterocycles. The number of urea groups is 1. The monoisotopic (exact) mass is 429 g/mol. The molecule has 1 aliphatic heterocycles. The van der Waals surface area contributed by atoms with Crippen molar-refractivity contribution in [3.05, 3.63) is 59.5 Å². The summed E-state index contributed by atoms with van der Waals surface area (Å²) in [6.07, 6.45) is 3.68. The Bertz CT molecular complexity index is 878. The summed E-state index contributed by atoms with van der Waals surface area (Å²) >= 11 is 0. The summed E-state index contributed by atoms with van der Waals surface area (Å²) in [6, 6.07) is 8.79. The minimum atomic E-state index is -0.389. The number of hydrogen-bond acceptors (Lipinski definition) is 5. The Morgan fingerprint density at radius 3 is 2.68 bits per heavy atom. The zero-order valence-electron chi connectivity index (χ0n) is 17.3. The molecular weight excluding hydrogens is 401 g/mol. The van der Waals surface area contributed by atoms with Crippen molar-refractivity contribution in [2.24, 2.45) is 0 Å². The molecular formula is C22H28FN5O3. The predicted molar refractivity (Wildman–Crippen MR) is 115 cm³/mol.